The molecule has 0 atom stereocenters. The summed E-state index contributed by atoms with van der Waals surface area (Å²) >= 11 is 0. The van der Waals surface area contributed by atoms with Gasteiger partial charge in [-0.2, -0.15) is 5.10 Å². The van der Waals surface area contributed by atoms with Crippen molar-refractivity contribution in [2.75, 3.05) is 16.5 Å². The van der Waals surface area contributed by atoms with E-state index in [1.807, 2.05) is 53.3 Å². The summed E-state index contributed by atoms with van der Waals surface area (Å²) in [5.74, 6) is 1.52. The van der Waals surface area contributed by atoms with Gasteiger partial charge in [-0.1, -0.05) is 95.6 Å². The standard InChI is InChI=1S/C55H52N4O/c1-34-21-37(4)53(38(5)22-34)49-29-51-52(30-50(49)54-39(6)23-35(2)24-40(54)7)58(55-41(8)25-36(3)26-42(55)9)33-57(51)45-17-13-19-47(27-45)60-48-20-14-18-46(28-48)59-32-44(31-56-59)43-15-11-10-12-16-43/h10-32H,33H2,1-9H3. The number of hydrogen-bond donors (Lipinski definition) is 0. The molecule has 9 rings (SSSR count). The van der Waals surface area contributed by atoms with E-state index in [1.165, 1.54) is 89.4 Å². The lowest BCUT2D eigenvalue weighted by Crippen LogP contribution is -2.25. The van der Waals surface area contributed by atoms with E-state index in [0.29, 0.717) is 6.67 Å². The van der Waals surface area contributed by atoms with Crippen LogP contribution in [0.3, 0.4) is 0 Å². The van der Waals surface area contributed by atoms with Gasteiger partial charge in [0.25, 0.3) is 0 Å². The van der Waals surface area contributed by atoms with Gasteiger partial charge < -0.3 is 14.5 Å². The average molecular weight is 785 g/mol. The molecule has 5 nitrogen and oxygen atoms in total. The second kappa shape index (κ2) is 15.4. The van der Waals surface area contributed by atoms with Crippen molar-refractivity contribution in [3.05, 3.63) is 190 Å². The zero-order chi connectivity index (χ0) is 41.8. The van der Waals surface area contributed by atoms with Crippen LogP contribution in [0.5, 0.6) is 11.5 Å². The Labute approximate surface area is 355 Å². The summed E-state index contributed by atoms with van der Waals surface area (Å²) in [4.78, 5) is 4.97. The van der Waals surface area contributed by atoms with Gasteiger partial charge >= 0.3 is 0 Å². The Bertz CT molecular complexity index is 2870. The van der Waals surface area contributed by atoms with Crippen LogP contribution in [-0.2, 0) is 0 Å². The zero-order valence-electron chi connectivity index (χ0n) is 36.2. The van der Waals surface area contributed by atoms with Crippen molar-refractivity contribution in [3.8, 4) is 50.6 Å². The summed E-state index contributed by atoms with van der Waals surface area (Å²) in [5, 5.41) is 4.68. The van der Waals surface area contributed by atoms with Gasteiger partial charge in [0.1, 0.15) is 18.2 Å². The maximum atomic E-state index is 6.65. The Balaban J connectivity index is 1.17. The molecule has 298 valence electrons. The highest BCUT2D eigenvalue weighted by Crippen LogP contribution is 2.52. The molecule has 0 N–H and O–H groups in total. The molecule has 0 amide bonds. The molecular formula is C55H52N4O. The van der Waals surface area contributed by atoms with Gasteiger partial charge in [-0.05, 0) is 160 Å². The maximum absolute atomic E-state index is 6.65. The largest absolute Gasteiger partial charge is 0.457 e. The van der Waals surface area contributed by atoms with Crippen molar-refractivity contribution < 1.29 is 4.74 Å². The summed E-state index contributed by atoms with van der Waals surface area (Å²) in [6, 6.07) is 45.8. The Morgan fingerprint density at radius 2 is 0.933 bits per heavy atom. The van der Waals surface area contributed by atoms with E-state index >= 15 is 0 Å². The first-order valence-electron chi connectivity index (χ1n) is 20.9. The molecular weight excluding hydrogens is 733 g/mol. The molecule has 1 aliphatic heterocycles. The lowest BCUT2D eigenvalue weighted by molar-refractivity contribution is 0.482. The number of hydrogen-bond acceptors (Lipinski definition) is 4. The number of fused-ring (bicyclic) bond motifs is 1. The number of anilines is 4. The lowest BCUT2D eigenvalue weighted by atomic mass is 9.84. The summed E-state index contributed by atoms with van der Waals surface area (Å²) < 4.78 is 8.55. The van der Waals surface area contributed by atoms with Crippen LogP contribution >= 0.6 is 0 Å². The Morgan fingerprint density at radius 3 is 1.48 bits per heavy atom. The van der Waals surface area contributed by atoms with Gasteiger partial charge in [-0.3, -0.25) is 0 Å². The van der Waals surface area contributed by atoms with E-state index < -0.39 is 0 Å². The fraction of sp³-hybridized carbons (Fsp3) is 0.182. The molecule has 2 heterocycles. The minimum atomic E-state index is 0.655. The monoisotopic (exact) mass is 784 g/mol. The molecule has 0 aliphatic carbocycles. The summed E-state index contributed by atoms with van der Waals surface area (Å²) in [7, 11) is 0. The van der Waals surface area contributed by atoms with Crippen LogP contribution in [0.25, 0.3) is 39.1 Å². The minimum Gasteiger partial charge on any atom is -0.457 e. The molecule has 8 aromatic rings. The summed E-state index contributed by atoms with van der Waals surface area (Å²) in [6.45, 7) is 20.8. The number of benzene rings is 7. The second-order valence-electron chi connectivity index (χ2n) is 16.8. The summed E-state index contributed by atoms with van der Waals surface area (Å²) in [5.41, 5.74) is 24.4. The number of ether oxygens (including phenoxy) is 1. The molecule has 0 radical (unpaired) electrons. The summed E-state index contributed by atoms with van der Waals surface area (Å²) in [6.07, 6.45) is 3.96. The topological polar surface area (TPSA) is 33.5 Å². The van der Waals surface area contributed by atoms with Crippen molar-refractivity contribution in [3.63, 3.8) is 0 Å². The molecule has 0 unspecified atom stereocenters. The molecule has 1 aromatic heterocycles. The predicted molar refractivity (Wildman–Crippen MR) is 251 cm³/mol. The van der Waals surface area contributed by atoms with E-state index in [2.05, 4.69) is 168 Å². The Morgan fingerprint density at radius 1 is 0.450 bits per heavy atom. The van der Waals surface area contributed by atoms with Gasteiger partial charge in [0.2, 0.25) is 0 Å². The van der Waals surface area contributed by atoms with Crippen molar-refractivity contribution in [2.45, 2.75) is 62.3 Å². The van der Waals surface area contributed by atoms with Gasteiger partial charge in [-0.15, -0.1) is 0 Å². The maximum Gasteiger partial charge on any atom is 0.129 e. The first-order chi connectivity index (χ1) is 28.9. The highest BCUT2D eigenvalue weighted by Gasteiger charge is 2.33. The third-order valence-corrected chi connectivity index (χ3v) is 11.9. The van der Waals surface area contributed by atoms with Crippen LogP contribution in [0, 0.1) is 62.3 Å². The minimum absolute atomic E-state index is 0.655. The van der Waals surface area contributed by atoms with Gasteiger partial charge in [0.05, 0.1) is 23.3 Å². The molecule has 0 saturated carbocycles. The highest BCUT2D eigenvalue weighted by molar-refractivity contribution is 5.99. The van der Waals surface area contributed by atoms with Crippen LogP contribution in [-0.4, -0.2) is 16.4 Å². The van der Waals surface area contributed by atoms with E-state index in [9.17, 15) is 0 Å². The van der Waals surface area contributed by atoms with Crippen LogP contribution in [0.15, 0.2) is 140 Å². The fourth-order valence-electron chi connectivity index (χ4n) is 9.72. The van der Waals surface area contributed by atoms with Crippen molar-refractivity contribution in [1.82, 2.24) is 9.78 Å². The zero-order valence-corrected chi connectivity index (χ0v) is 36.2. The van der Waals surface area contributed by atoms with Crippen molar-refractivity contribution in [1.29, 1.82) is 0 Å². The molecule has 0 fully saturated rings. The van der Waals surface area contributed by atoms with Gasteiger partial charge in [-0.25, -0.2) is 4.68 Å². The van der Waals surface area contributed by atoms with E-state index in [1.54, 1.807) is 0 Å². The Hall–Kier alpha value is -6.85. The smallest absolute Gasteiger partial charge is 0.129 e. The third-order valence-electron chi connectivity index (χ3n) is 11.9. The molecule has 0 saturated heterocycles. The highest BCUT2D eigenvalue weighted by atomic mass is 16.5. The first kappa shape index (κ1) is 38.7. The first-order valence-corrected chi connectivity index (χ1v) is 20.9. The lowest BCUT2D eigenvalue weighted by Gasteiger charge is -2.26. The molecule has 7 aromatic carbocycles. The number of aromatic nitrogens is 2. The fourth-order valence-corrected chi connectivity index (χ4v) is 9.72. The van der Waals surface area contributed by atoms with Gasteiger partial charge in [0.15, 0.2) is 0 Å². The predicted octanol–water partition coefficient (Wildman–Crippen LogP) is 14.7. The molecule has 1 aliphatic rings. The normalized spacial score (nSPS) is 12.3. The van der Waals surface area contributed by atoms with Crippen LogP contribution in [0.1, 0.15) is 50.1 Å². The van der Waals surface area contributed by atoms with Crippen molar-refractivity contribution in [2.24, 2.45) is 0 Å². The molecule has 0 bridgehead atoms. The van der Waals surface area contributed by atoms with Gasteiger partial charge in [0, 0.05) is 35.3 Å². The SMILES string of the molecule is Cc1cc(C)c(-c2cc3c(cc2-c2c(C)cc(C)cc2C)N(c2c(C)cc(C)cc2C)CN3c2cccc(Oc3cccc(-n4cc(-c5ccccc5)cn4)c3)c2)c(C)c1. The molecule has 5 heteroatoms. The van der Waals surface area contributed by atoms with Crippen LogP contribution in [0.2, 0.25) is 0 Å². The average Bonchev–Trinajstić information content (AvgIpc) is 3.84. The van der Waals surface area contributed by atoms with E-state index in [0.717, 1.165) is 34.0 Å². The van der Waals surface area contributed by atoms with Crippen molar-refractivity contribution >= 4 is 22.7 Å². The van der Waals surface area contributed by atoms with Crippen LogP contribution < -0.4 is 14.5 Å². The van der Waals surface area contributed by atoms with Crippen LogP contribution in [0.4, 0.5) is 22.7 Å². The quantitative estimate of drug-likeness (QED) is 0.154. The number of aryl methyl sites for hydroxylation is 9. The second-order valence-corrected chi connectivity index (χ2v) is 16.8. The molecule has 0 spiro atoms. The third kappa shape index (κ3) is 7.15. The molecule has 60 heavy (non-hydrogen) atoms. The van der Waals surface area contributed by atoms with E-state index in [-0.39, 0.29) is 0 Å². The Kier molecular flexibility index (Phi) is 9.92. The number of nitrogens with zero attached hydrogens (tertiary/aromatic N) is 4. The van der Waals surface area contributed by atoms with E-state index in [4.69, 9.17) is 4.74 Å². The number of rotatable bonds is 8.